The number of nitrogens with zero attached hydrogens (tertiary/aromatic N) is 1. The Morgan fingerprint density at radius 3 is 2.40 bits per heavy atom. The summed E-state index contributed by atoms with van der Waals surface area (Å²) >= 11 is 0. The fourth-order valence-electron chi connectivity index (χ4n) is 1.38. The lowest BCUT2D eigenvalue weighted by molar-refractivity contribution is -0.687. The molecule has 1 heterocycles. The van der Waals surface area contributed by atoms with Gasteiger partial charge in [-0.05, 0) is 18.9 Å². The highest BCUT2D eigenvalue weighted by Gasteiger charge is 1.91. The summed E-state index contributed by atoms with van der Waals surface area (Å²) in [5, 5.41) is 0. The molecule has 1 rings (SSSR count). The molecule has 0 saturated carbocycles. The van der Waals surface area contributed by atoms with Gasteiger partial charge in [0, 0.05) is 12.1 Å². The van der Waals surface area contributed by atoms with E-state index >= 15 is 0 Å². The number of rotatable bonds is 6. The minimum Gasteiger partial charge on any atom is -1.00 e. The minimum absolute atomic E-state index is 0. The third-order valence-electron chi connectivity index (χ3n) is 2.23. The second-order valence-corrected chi connectivity index (χ2v) is 3.54. The highest BCUT2D eigenvalue weighted by molar-refractivity contribution is 4.84. The molecule has 0 atom stereocenters. The second kappa shape index (κ2) is 9.72. The van der Waals surface area contributed by atoms with Gasteiger partial charge in [0.15, 0.2) is 18.9 Å². The summed E-state index contributed by atoms with van der Waals surface area (Å²) in [5.41, 5.74) is 0. The van der Waals surface area contributed by atoms with Crippen molar-refractivity contribution >= 4 is 0 Å². The van der Waals surface area contributed by atoms with Crippen LogP contribution in [0, 0.1) is 0 Å². The molecule has 2 heteroatoms. The SMILES string of the molecule is CCCCCC=CC[n+]1ccccc1.[Cl-]. The quantitative estimate of drug-likeness (QED) is 0.368. The lowest BCUT2D eigenvalue weighted by Crippen LogP contribution is -3.00. The summed E-state index contributed by atoms with van der Waals surface area (Å²) in [6.45, 7) is 3.23. The Morgan fingerprint density at radius 2 is 1.73 bits per heavy atom. The number of pyridine rings is 1. The molecule has 15 heavy (non-hydrogen) atoms. The van der Waals surface area contributed by atoms with Gasteiger partial charge in [0.1, 0.15) is 0 Å². The highest BCUT2D eigenvalue weighted by Crippen LogP contribution is 1.99. The maximum atomic E-state index is 2.29. The minimum atomic E-state index is 0. The molecule has 0 unspecified atom stereocenters. The number of hydrogen-bond acceptors (Lipinski definition) is 0. The lowest BCUT2D eigenvalue weighted by atomic mass is 10.2. The predicted octanol–water partition coefficient (Wildman–Crippen LogP) is 0.115. The van der Waals surface area contributed by atoms with Crippen LogP contribution in [0.3, 0.4) is 0 Å². The van der Waals surface area contributed by atoms with Crippen molar-refractivity contribution in [3.63, 3.8) is 0 Å². The van der Waals surface area contributed by atoms with Crippen LogP contribution in [-0.2, 0) is 6.54 Å². The van der Waals surface area contributed by atoms with E-state index in [1.165, 1.54) is 25.7 Å². The third kappa shape index (κ3) is 7.15. The van der Waals surface area contributed by atoms with Gasteiger partial charge in [-0.25, -0.2) is 4.57 Å². The van der Waals surface area contributed by atoms with Crippen molar-refractivity contribution in [2.75, 3.05) is 0 Å². The predicted molar refractivity (Wildman–Crippen MR) is 59.9 cm³/mol. The number of halogens is 1. The highest BCUT2D eigenvalue weighted by atomic mass is 35.5. The summed E-state index contributed by atoms with van der Waals surface area (Å²) in [6.07, 6.45) is 13.9. The normalized spacial score (nSPS) is 10.2. The molecule has 0 radical (unpaired) electrons. The van der Waals surface area contributed by atoms with E-state index in [4.69, 9.17) is 0 Å². The Labute approximate surface area is 99.2 Å². The standard InChI is InChI=1S/C13H20N.ClH/c1-2-3-4-5-6-8-11-14-12-9-7-10-13-14;/h6-10,12-13H,2-5,11H2,1H3;1H/q+1;/p-1. The number of allylic oxidation sites excluding steroid dienone is 2. The molecular weight excluding hydrogens is 206 g/mol. The van der Waals surface area contributed by atoms with Crippen molar-refractivity contribution in [2.24, 2.45) is 0 Å². The van der Waals surface area contributed by atoms with Crippen LogP contribution in [0.1, 0.15) is 32.6 Å². The summed E-state index contributed by atoms with van der Waals surface area (Å²) in [7, 11) is 0. The zero-order chi connectivity index (χ0) is 10.1. The molecule has 1 aromatic rings. The van der Waals surface area contributed by atoms with Gasteiger partial charge in [-0.1, -0.05) is 31.9 Å². The molecule has 0 N–H and O–H groups in total. The van der Waals surface area contributed by atoms with Crippen LogP contribution in [0.4, 0.5) is 0 Å². The van der Waals surface area contributed by atoms with Gasteiger partial charge in [-0.3, -0.25) is 0 Å². The van der Waals surface area contributed by atoms with Crippen molar-refractivity contribution in [1.82, 2.24) is 0 Å². The van der Waals surface area contributed by atoms with E-state index in [1.807, 2.05) is 6.07 Å². The largest absolute Gasteiger partial charge is 1.00 e. The van der Waals surface area contributed by atoms with Crippen LogP contribution < -0.4 is 17.0 Å². The topological polar surface area (TPSA) is 3.88 Å². The summed E-state index contributed by atoms with van der Waals surface area (Å²) in [5.74, 6) is 0. The molecule has 0 aliphatic rings. The monoisotopic (exact) mass is 225 g/mol. The first-order valence-corrected chi connectivity index (χ1v) is 5.52. The molecular formula is C13H20ClN. The van der Waals surface area contributed by atoms with E-state index < -0.39 is 0 Å². The zero-order valence-electron chi connectivity index (χ0n) is 9.40. The van der Waals surface area contributed by atoms with E-state index in [-0.39, 0.29) is 12.4 Å². The Morgan fingerprint density at radius 1 is 1.00 bits per heavy atom. The van der Waals surface area contributed by atoms with Gasteiger partial charge < -0.3 is 12.4 Å². The lowest BCUT2D eigenvalue weighted by Gasteiger charge is -1.91. The van der Waals surface area contributed by atoms with Gasteiger partial charge in [-0.15, -0.1) is 0 Å². The van der Waals surface area contributed by atoms with Gasteiger partial charge in [-0.2, -0.15) is 0 Å². The van der Waals surface area contributed by atoms with E-state index in [1.54, 1.807) is 0 Å². The maximum Gasteiger partial charge on any atom is 0.169 e. The Bertz CT molecular complexity index is 256. The van der Waals surface area contributed by atoms with Crippen LogP contribution in [0.25, 0.3) is 0 Å². The molecule has 0 bridgehead atoms. The molecule has 0 aliphatic carbocycles. The van der Waals surface area contributed by atoms with Gasteiger partial charge in [0.05, 0.1) is 0 Å². The van der Waals surface area contributed by atoms with Gasteiger partial charge in [0.2, 0.25) is 0 Å². The van der Waals surface area contributed by atoms with Crippen molar-refractivity contribution < 1.29 is 17.0 Å². The summed E-state index contributed by atoms with van der Waals surface area (Å²) in [4.78, 5) is 0. The van der Waals surface area contributed by atoms with E-state index in [0.29, 0.717) is 0 Å². The number of aromatic nitrogens is 1. The molecule has 1 aromatic heterocycles. The number of unbranched alkanes of at least 4 members (excludes halogenated alkanes) is 3. The van der Waals surface area contributed by atoms with Gasteiger partial charge >= 0.3 is 0 Å². The summed E-state index contributed by atoms with van der Waals surface area (Å²) in [6, 6.07) is 6.16. The fraction of sp³-hybridized carbons (Fsp3) is 0.462. The second-order valence-electron chi connectivity index (χ2n) is 3.54. The van der Waals surface area contributed by atoms with Crippen molar-refractivity contribution in [3.05, 3.63) is 42.7 Å². The molecule has 0 fully saturated rings. The van der Waals surface area contributed by atoms with Crippen molar-refractivity contribution in [3.8, 4) is 0 Å². The summed E-state index contributed by atoms with van der Waals surface area (Å²) < 4.78 is 2.18. The van der Waals surface area contributed by atoms with Crippen molar-refractivity contribution in [1.29, 1.82) is 0 Å². The molecule has 0 saturated heterocycles. The first kappa shape index (κ1) is 14.2. The van der Waals surface area contributed by atoms with Crippen LogP contribution in [-0.4, -0.2) is 0 Å². The fourth-order valence-corrected chi connectivity index (χ4v) is 1.38. The Balaban J connectivity index is 0.00000196. The molecule has 0 spiro atoms. The third-order valence-corrected chi connectivity index (χ3v) is 2.23. The molecule has 0 aromatic carbocycles. The molecule has 0 amide bonds. The smallest absolute Gasteiger partial charge is 0.169 e. The molecule has 84 valence electrons. The Hall–Kier alpha value is -0.820. The Kier molecular flexibility index (Phi) is 9.19. The van der Waals surface area contributed by atoms with E-state index in [9.17, 15) is 0 Å². The van der Waals surface area contributed by atoms with Crippen LogP contribution >= 0.6 is 0 Å². The van der Waals surface area contributed by atoms with E-state index in [0.717, 1.165) is 6.54 Å². The van der Waals surface area contributed by atoms with Gasteiger partial charge in [0.25, 0.3) is 0 Å². The number of hydrogen-bond donors (Lipinski definition) is 0. The van der Waals surface area contributed by atoms with Crippen LogP contribution in [0.15, 0.2) is 42.7 Å². The van der Waals surface area contributed by atoms with Crippen molar-refractivity contribution in [2.45, 2.75) is 39.2 Å². The zero-order valence-corrected chi connectivity index (χ0v) is 10.2. The average molecular weight is 226 g/mol. The maximum absolute atomic E-state index is 2.29. The first-order chi connectivity index (χ1) is 6.93. The molecule has 0 aliphatic heterocycles. The average Bonchev–Trinajstić information content (AvgIpc) is 2.25. The van der Waals surface area contributed by atoms with Crippen LogP contribution in [0.5, 0.6) is 0 Å². The van der Waals surface area contributed by atoms with Crippen LogP contribution in [0.2, 0.25) is 0 Å². The van der Waals surface area contributed by atoms with E-state index in [2.05, 4.69) is 48.2 Å². The first-order valence-electron chi connectivity index (χ1n) is 5.52. The molecule has 1 nitrogen and oxygen atoms in total.